The number of thiazole rings is 1. The van der Waals surface area contributed by atoms with Crippen LogP contribution in [-0.2, 0) is 0 Å². The molecule has 20 heavy (non-hydrogen) atoms. The summed E-state index contributed by atoms with van der Waals surface area (Å²) < 4.78 is 2.31. The molecule has 0 bridgehead atoms. The fraction of sp³-hybridized carbons (Fsp3) is 0. The first-order valence-corrected chi connectivity index (χ1v) is 7.96. The van der Waals surface area contributed by atoms with E-state index >= 15 is 0 Å². The van der Waals surface area contributed by atoms with Crippen molar-refractivity contribution in [1.29, 1.82) is 0 Å². The zero-order valence-corrected chi connectivity index (χ0v) is 12.9. The van der Waals surface area contributed by atoms with Gasteiger partial charge in [-0.25, -0.2) is 4.98 Å². The average Bonchev–Trinajstić information content (AvgIpc) is 2.89. The fourth-order valence-corrected chi connectivity index (χ4v) is 3.86. The number of aromatic nitrogens is 1. The van der Waals surface area contributed by atoms with E-state index in [0.29, 0.717) is 0 Å². The van der Waals surface area contributed by atoms with Crippen LogP contribution in [0.2, 0.25) is 0 Å². The van der Waals surface area contributed by atoms with E-state index in [2.05, 4.69) is 70.5 Å². The van der Waals surface area contributed by atoms with Crippen LogP contribution >= 0.6 is 27.3 Å². The highest BCUT2D eigenvalue weighted by Crippen LogP contribution is 2.33. The molecule has 1 nitrogen and oxygen atoms in total. The third-order valence-electron chi connectivity index (χ3n) is 3.35. The van der Waals surface area contributed by atoms with Crippen LogP contribution in [0.5, 0.6) is 0 Å². The molecule has 0 N–H and O–H groups in total. The molecule has 4 rings (SSSR count). The molecule has 0 fully saturated rings. The van der Waals surface area contributed by atoms with Gasteiger partial charge in [0.25, 0.3) is 0 Å². The van der Waals surface area contributed by atoms with Gasteiger partial charge in [0.1, 0.15) is 5.01 Å². The highest BCUT2D eigenvalue weighted by molar-refractivity contribution is 9.10. The van der Waals surface area contributed by atoms with Gasteiger partial charge in [-0.15, -0.1) is 11.3 Å². The summed E-state index contributed by atoms with van der Waals surface area (Å²) in [6.07, 6.45) is 0. The first-order chi connectivity index (χ1) is 9.79. The maximum atomic E-state index is 4.73. The second kappa shape index (κ2) is 4.69. The molecule has 0 unspecified atom stereocenters. The van der Waals surface area contributed by atoms with Gasteiger partial charge in [0.15, 0.2) is 0 Å². The number of fused-ring (bicyclic) bond motifs is 2. The van der Waals surface area contributed by atoms with Gasteiger partial charge in [0, 0.05) is 10.0 Å². The van der Waals surface area contributed by atoms with Gasteiger partial charge >= 0.3 is 0 Å². The van der Waals surface area contributed by atoms with Crippen molar-refractivity contribution in [2.24, 2.45) is 0 Å². The summed E-state index contributed by atoms with van der Waals surface area (Å²) in [6, 6.07) is 21.1. The molecule has 0 amide bonds. The van der Waals surface area contributed by atoms with Crippen LogP contribution < -0.4 is 0 Å². The van der Waals surface area contributed by atoms with Gasteiger partial charge in [-0.05, 0) is 35.0 Å². The van der Waals surface area contributed by atoms with E-state index in [-0.39, 0.29) is 0 Å². The molecule has 3 heteroatoms. The summed E-state index contributed by atoms with van der Waals surface area (Å²) >= 11 is 5.24. The smallest absolute Gasteiger partial charge is 0.124 e. The van der Waals surface area contributed by atoms with E-state index in [1.165, 1.54) is 21.0 Å². The Morgan fingerprint density at radius 1 is 0.850 bits per heavy atom. The van der Waals surface area contributed by atoms with Crippen LogP contribution in [-0.4, -0.2) is 4.98 Å². The number of hydrogen-bond donors (Lipinski definition) is 0. The lowest BCUT2D eigenvalue weighted by Crippen LogP contribution is -1.77. The van der Waals surface area contributed by atoms with Gasteiger partial charge < -0.3 is 0 Å². The summed E-state index contributed by atoms with van der Waals surface area (Å²) in [5.74, 6) is 0. The minimum Gasteiger partial charge on any atom is -0.236 e. The standard InChI is InChI=1S/C17H10BrNS/c18-14-7-8-15-16(10-14)20-17(19-15)13-6-5-11-3-1-2-4-12(11)9-13/h1-10H. The molecule has 4 aromatic rings. The maximum Gasteiger partial charge on any atom is 0.124 e. The number of halogens is 1. The number of benzene rings is 3. The van der Waals surface area contributed by atoms with E-state index in [9.17, 15) is 0 Å². The summed E-state index contributed by atoms with van der Waals surface area (Å²) in [6.45, 7) is 0. The molecule has 3 aromatic carbocycles. The highest BCUT2D eigenvalue weighted by Gasteiger charge is 2.07. The molecule has 0 aliphatic carbocycles. The lowest BCUT2D eigenvalue weighted by atomic mass is 10.1. The topological polar surface area (TPSA) is 12.9 Å². The second-order valence-electron chi connectivity index (χ2n) is 4.69. The first-order valence-electron chi connectivity index (χ1n) is 6.35. The van der Waals surface area contributed by atoms with Crippen molar-refractivity contribution in [3.05, 3.63) is 65.1 Å². The third kappa shape index (κ3) is 2.03. The summed E-state index contributed by atoms with van der Waals surface area (Å²) in [7, 11) is 0. The number of hydrogen-bond acceptors (Lipinski definition) is 2. The molecule has 1 aromatic heterocycles. The Kier molecular flexibility index (Phi) is 2.83. The van der Waals surface area contributed by atoms with Crippen LogP contribution in [0.1, 0.15) is 0 Å². The van der Waals surface area contributed by atoms with Gasteiger partial charge in [-0.2, -0.15) is 0 Å². The Hall–Kier alpha value is -1.71. The molecule has 0 aliphatic heterocycles. The lowest BCUT2D eigenvalue weighted by molar-refractivity contribution is 1.48. The van der Waals surface area contributed by atoms with E-state index in [0.717, 1.165) is 15.0 Å². The molecular weight excluding hydrogens is 330 g/mol. The Morgan fingerprint density at radius 3 is 2.60 bits per heavy atom. The summed E-state index contributed by atoms with van der Waals surface area (Å²) in [4.78, 5) is 4.73. The van der Waals surface area contributed by atoms with Crippen molar-refractivity contribution < 1.29 is 0 Å². The Balaban J connectivity index is 1.91. The van der Waals surface area contributed by atoms with E-state index in [1.807, 2.05) is 6.07 Å². The first kappa shape index (κ1) is 12.1. The molecule has 0 atom stereocenters. The van der Waals surface area contributed by atoms with E-state index in [1.54, 1.807) is 11.3 Å². The number of nitrogens with zero attached hydrogens (tertiary/aromatic N) is 1. The van der Waals surface area contributed by atoms with Crippen LogP contribution in [0, 0.1) is 0 Å². The predicted molar refractivity (Wildman–Crippen MR) is 90.3 cm³/mol. The van der Waals surface area contributed by atoms with Crippen molar-refractivity contribution in [3.63, 3.8) is 0 Å². The van der Waals surface area contributed by atoms with Gasteiger partial charge in [0.2, 0.25) is 0 Å². The van der Waals surface area contributed by atoms with Gasteiger partial charge in [-0.1, -0.05) is 52.3 Å². The fourth-order valence-electron chi connectivity index (χ4n) is 2.34. The van der Waals surface area contributed by atoms with Gasteiger partial charge in [0.05, 0.1) is 10.2 Å². The Morgan fingerprint density at radius 2 is 1.70 bits per heavy atom. The minimum absolute atomic E-state index is 1.06. The molecule has 96 valence electrons. The molecule has 1 heterocycles. The van der Waals surface area contributed by atoms with Crippen LogP contribution in [0.15, 0.2) is 65.1 Å². The van der Waals surface area contributed by atoms with Crippen LogP contribution in [0.4, 0.5) is 0 Å². The lowest BCUT2D eigenvalue weighted by Gasteiger charge is -2.00. The second-order valence-corrected chi connectivity index (χ2v) is 6.64. The molecular formula is C17H10BrNS. The largest absolute Gasteiger partial charge is 0.236 e. The van der Waals surface area contributed by atoms with Crippen molar-refractivity contribution in [3.8, 4) is 10.6 Å². The van der Waals surface area contributed by atoms with Gasteiger partial charge in [-0.3, -0.25) is 0 Å². The van der Waals surface area contributed by atoms with E-state index < -0.39 is 0 Å². The van der Waals surface area contributed by atoms with Crippen LogP contribution in [0.3, 0.4) is 0 Å². The molecule has 0 spiro atoms. The zero-order chi connectivity index (χ0) is 13.5. The molecule has 0 saturated heterocycles. The molecule has 0 aliphatic rings. The van der Waals surface area contributed by atoms with Crippen molar-refractivity contribution >= 4 is 48.3 Å². The summed E-state index contributed by atoms with van der Waals surface area (Å²) in [5, 5.41) is 3.59. The average molecular weight is 340 g/mol. The third-order valence-corrected chi connectivity index (χ3v) is 4.91. The van der Waals surface area contributed by atoms with Crippen molar-refractivity contribution in [2.75, 3.05) is 0 Å². The molecule has 0 radical (unpaired) electrons. The van der Waals surface area contributed by atoms with E-state index in [4.69, 9.17) is 4.98 Å². The SMILES string of the molecule is Brc1ccc2nc(-c3ccc4ccccc4c3)sc2c1. The normalized spacial score (nSPS) is 11.2. The minimum atomic E-state index is 1.06. The zero-order valence-electron chi connectivity index (χ0n) is 10.5. The molecule has 0 saturated carbocycles. The Labute approximate surface area is 129 Å². The highest BCUT2D eigenvalue weighted by atomic mass is 79.9. The number of rotatable bonds is 1. The van der Waals surface area contributed by atoms with Crippen LogP contribution in [0.25, 0.3) is 31.6 Å². The monoisotopic (exact) mass is 339 g/mol. The Bertz CT molecular complexity index is 926. The quantitative estimate of drug-likeness (QED) is 0.422. The predicted octanol–water partition coefficient (Wildman–Crippen LogP) is 5.88. The maximum absolute atomic E-state index is 4.73. The van der Waals surface area contributed by atoms with Crippen molar-refractivity contribution in [1.82, 2.24) is 4.98 Å². The summed E-state index contributed by atoms with van der Waals surface area (Å²) in [5.41, 5.74) is 2.24. The van der Waals surface area contributed by atoms with Crippen molar-refractivity contribution in [2.45, 2.75) is 0 Å².